The zero-order valence-electron chi connectivity index (χ0n) is 17.6. The van der Waals surface area contributed by atoms with Crippen LogP contribution in [0.1, 0.15) is 11.3 Å². The SMILES string of the molecule is Cc1cn2c3c(=O)n(C/C=C\c4ccccc4)c(=O)n(C)c3nc2n1-c1ccccc1F. The second-order valence-corrected chi connectivity index (χ2v) is 7.58. The van der Waals surface area contributed by atoms with Crippen molar-refractivity contribution in [2.75, 3.05) is 0 Å². The molecule has 0 aliphatic carbocycles. The highest BCUT2D eigenvalue weighted by atomic mass is 19.1. The maximum atomic E-state index is 14.5. The highest BCUT2D eigenvalue weighted by molar-refractivity contribution is 5.76. The van der Waals surface area contributed by atoms with Gasteiger partial charge in [0.2, 0.25) is 5.78 Å². The van der Waals surface area contributed by atoms with E-state index in [0.717, 1.165) is 5.56 Å². The lowest BCUT2D eigenvalue weighted by Crippen LogP contribution is -2.39. The van der Waals surface area contributed by atoms with Gasteiger partial charge < -0.3 is 0 Å². The molecule has 0 aliphatic heterocycles. The third-order valence-electron chi connectivity index (χ3n) is 5.52. The van der Waals surface area contributed by atoms with Crippen molar-refractivity contribution in [1.29, 1.82) is 0 Å². The van der Waals surface area contributed by atoms with Crippen molar-refractivity contribution < 1.29 is 4.39 Å². The quantitative estimate of drug-likeness (QED) is 0.440. The van der Waals surface area contributed by atoms with Crippen LogP contribution in [0.25, 0.3) is 28.7 Å². The predicted molar refractivity (Wildman–Crippen MR) is 122 cm³/mol. The molecule has 0 N–H and O–H groups in total. The fourth-order valence-electron chi connectivity index (χ4n) is 3.96. The van der Waals surface area contributed by atoms with E-state index in [1.54, 1.807) is 46.5 Å². The summed E-state index contributed by atoms with van der Waals surface area (Å²) < 4.78 is 20.3. The number of aryl methyl sites for hydroxylation is 2. The number of fused-ring (bicyclic) bond motifs is 3. The van der Waals surface area contributed by atoms with E-state index in [9.17, 15) is 14.0 Å². The molecule has 0 atom stereocenters. The van der Waals surface area contributed by atoms with Crippen molar-refractivity contribution in [3.05, 3.63) is 105 Å². The molecule has 5 aromatic rings. The summed E-state index contributed by atoms with van der Waals surface area (Å²) >= 11 is 0. The van der Waals surface area contributed by atoms with E-state index >= 15 is 0 Å². The first kappa shape index (κ1) is 19.7. The molecule has 0 radical (unpaired) electrons. The first-order chi connectivity index (χ1) is 15.5. The molecule has 3 heterocycles. The summed E-state index contributed by atoms with van der Waals surface area (Å²) in [6.07, 6.45) is 5.37. The lowest BCUT2D eigenvalue weighted by atomic mass is 10.2. The van der Waals surface area contributed by atoms with Gasteiger partial charge in [-0.15, -0.1) is 0 Å². The molecule has 2 aromatic carbocycles. The molecule has 7 nitrogen and oxygen atoms in total. The van der Waals surface area contributed by atoms with Crippen molar-refractivity contribution in [3.8, 4) is 5.69 Å². The molecule has 5 rings (SSSR count). The molecule has 160 valence electrons. The Morgan fingerprint density at radius 2 is 1.75 bits per heavy atom. The van der Waals surface area contributed by atoms with Crippen molar-refractivity contribution in [3.63, 3.8) is 0 Å². The first-order valence-electron chi connectivity index (χ1n) is 10.1. The van der Waals surface area contributed by atoms with E-state index in [-0.39, 0.29) is 17.7 Å². The van der Waals surface area contributed by atoms with E-state index in [1.165, 1.54) is 15.2 Å². The number of allylic oxidation sites excluding steroid dienone is 1. The highest BCUT2D eigenvalue weighted by Crippen LogP contribution is 2.22. The van der Waals surface area contributed by atoms with Crippen LogP contribution in [0.5, 0.6) is 0 Å². The van der Waals surface area contributed by atoms with Gasteiger partial charge in [0.1, 0.15) is 5.82 Å². The number of hydrogen-bond acceptors (Lipinski definition) is 3. The monoisotopic (exact) mass is 429 g/mol. The molecular weight excluding hydrogens is 409 g/mol. The lowest BCUT2D eigenvalue weighted by molar-refractivity contribution is 0.618. The molecular formula is C24H20FN5O2. The molecule has 0 saturated heterocycles. The van der Waals surface area contributed by atoms with Gasteiger partial charge in [0.15, 0.2) is 11.2 Å². The van der Waals surface area contributed by atoms with Gasteiger partial charge in [0.05, 0.1) is 5.69 Å². The number of aromatic nitrogens is 5. The number of nitrogens with zero attached hydrogens (tertiary/aromatic N) is 5. The molecule has 0 bridgehead atoms. The molecule has 8 heteroatoms. The van der Waals surface area contributed by atoms with Crippen molar-refractivity contribution in [2.45, 2.75) is 13.5 Å². The van der Waals surface area contributed by atoms with Crippen molar-refractivity contribution >= 4 is 23.0 Å². The minimum atomic E-state index is -0.463. The smallest absolute Gasteiger partial charge is 0.280 e. The lowest BCUT2D eigenvalue weighted by Gasteiger charge is -2.07. The normalized spacial score (nSPS) is 11.8. The third kappa shape index (κ3) is 2.99. The van der Waals surface area contributed by atoms with Gasteiger partial charge in [-0.3, -0.25) is 22.9 Å². The minimum Gasteiger partial charge on any atom is -0.280 e. The van der Waals surface area contributed by atoms with Gasteiger partial charge in [-0.1, -0.05) is 54.6 Å². The Labute approximate surface area is 181 Å². The molecule has 0 unspecified atom stereocenters. The van der Waals surface area contributed by atoms with Crippen molar-refractivity contribution in [2.24, 2.45) is 7.05 Å². The highest BCUT2D eigenvalue weighted by Gasteiger charge is 2.21. The minimum absolute atomic E-state index is 0.122. The van der Waals surface area contributed by atoms with Crippen LogP contribution in [0.2, 0.25) is 0 Å². The van der Waals surface area contributed by atoms with Crippen LogP contribution < -0.4 is 11.2 Å². The van der Waals surface area contributed by atoms with E-state index in [4.69, 9.17) is 0 Å². The third-order valence-corrected chi connectivity index (χ3v) is 5.52. The molecule has 0 aliphatic rings. The van der Waals surface area contributed by atoms with Crippen LogP contribution in [0, 0.1) is 12.7 Å². The Bertz CT molecular complexity index is 1620. The number of hydrogen-bond donors (Lipinski definition) is 0. The van der Waals surface area contributed by atoms with Crippen LogP contribution in [-0.4, -0.2) is 23.1 Å². The fourth-order valence-corrected chi connectivity index (χ4v) is 3.96. The Hall–Kier alpha value is -4.20. The Balaban J connectivity index is 1.71. The maximum absolute atomic E-state index is 14.5. The Morgan fingerprint density at radius 1 is 1.03 bits per heavy atom. The van der Waals surface area contributed by atoms with Gasteiger partial charge in [0, 0.05) is 25.5 Å². The van der Waals surface area contributed by atoms with E-state index < -0.39 is 17.1 Å². The first-order valence-corrected chi connectivity index (χ1v) is 10.1. The van der Waals surface area contributed by atoms with Gasteiger partial charge >= 0.3 is 5.69 Å². The largest absolute Gasteiger partial charge is 0.332 e. The number of imidazole rings is 2. The summed E-state index contributed by atoms with van der Waals surface area (Å²) in [5.74, 6) is -0.0367. The number of rotatable bonds is 4. The van der Waals surface area contributed by atoms with Crippen molar-refractivity contribution in [1.82, 2.24) is 23.1 Å². The summed E-state index contributed by atoms with van der Waals surface area (Å²) in [6.45, 7) is 1.94. The summed E-state index contributed by atoms with van der Waals surface area (Å²) in [7, 11) is 1.58. The van der Waals surface area contributed by atoms with Gasteiger partial charge in [0.25, 0.3) is 5.56 Å². The topological polar surface area (TPSA) is 66.2 Å². The summed E-state index contributed by atoms with van der Waals surface area (Å²) in [4.78, 5) is 30.7. The summed E-state index contributed by atoms with van der Waals surface area (Å²) in [6, 6.07) is 16.0. The zero-order chi connectivity index (χ0) is 22.4. The van der Waals surface area contributed by atoms with Crippen LogP contribution in [0.15, 0.2) is 76.5 Å². The van der Waals surface area contributed by atoms with Crippen LogP contribution in [0.4, 0.5) is 4.39 Å². The summed E-state index contributed by atoms with van der Waals surface area (Å²) in [5, 5.41) is 0. The molecule has 0 amide bonds. The standard InChI is InChI=1S/C24H20FN5O2/c1-16-15-29-20-21(26-23(29)30(16)19-13-7-6-12-18(19)25)27(2)24(32)28(22(20)31)14-8-11-17-9-4-3-5-10-17/h3-13,15H,14H2,1-2H3/b11-8-. The zero-order valence-corrected chi connectivity index (χ0v) is 17.6. The van der Waals surface area contributed by atoms with Crippen LogP contribution >= 0.6 is 0 Å². The second kappa shape index (κ2) is 7.49. The van der Waals surface area contributed by atoms with Crippen LogP contribution in [-0.2, 0) is 13.6 Å². The van der Waals surface area contributed by atoms with Gasteiger partial charge in [-0.25, -0.2) is 9.18 Å². The predicted octanol–water partition coefficient (Wildman–Crippen LogP) is 3.30. The second-order valence-electron chi connectivity index (χ2n) is 7.58. The fraction of sp³-hybridized carbons (Fsp3) is 0.125. The number of para-hydroxylation sites is 1. The number of benzene rings is 2. The van der Waals surface area contributed by atoms with E-state index in [0.29, 0.717) is 17.2 Å². The van der Waals surface area contributed by atoms with E-state index in [2.05, 4.69) is 4.98 Å². The van der Waals surface area contributed by atoms with Gasteiger partial charge in [-0.2, -0.15) is 4.98 Å². The molecule has 0 spiro atoms. The summed E-state index contributed by atoms with van der Waals surface area (Å²) in [5.41, 5.74) is 1.63. The molecule has 3 aromatic heterocycles. The maximum Gasteiger partial charge on any atom is 0.332 e. The molecule has 0 saturated carbocycles. The molecule has 0 fully saturated rings. The Morgan fingerprint density at radius 3 is 2.50 bits per heavy atom. The average molecular weight is 429 g/mol. The van der Waals surface area contributed by atoms with Gasteiger partial charge in [-0.05, 0) is 24.6 Å². The Kier molecular flexibility index (Phi) is 4.62. The average Bonchev–Trinajstić information content (AvgIpc) is 3.30. The van der Waals surface area contributed by atoms with E-state index in [1.807, 2.05) is 43.3 Å². The van der Waals surface area contributed by atoms with Crippen LogP contribution in [0.3, 0.4) is 0 Å². The number of halogens is 1. The molecule has 32 heavy (non-hydrogen) atoms.